The minimum Gasteiger partial charge on any atom is -0.461 e. The summed E-state index contributed by atoms with van der Waals surface area (Å²) in [4.78, 5) is 12.0. The first-order valence-electron chi connectivity index (χ1n) is 8.07. The zero-order valence-electron chi connectivity index (χ0n) is 14.3. The molecule has 2 atom stereocenters. The third-order valence-corrected chi connectivity index (χ3v) is 4.64. The highest BCUT2D eigenvalue weighted by Gasteiger charge is 2.36. The van der Waals surface area contributed by atoms with Gasteiger partial charge in [0.1, 0.15) is 17.3 Å². The lowest BCUT2D eigenvalue weighted by atomic mass is 10.2. The van der Waals surface area contributed by atoms with Crippen molar-refractivity contribution in [1.82, 2.24) is 0 Å². The number of carbonyl (C=O) groups excluding carboxylic acids is 1. The second-order valence-corrected chi connectivity index (χ2v) is 8.20. The molecule has 26 heavy (non-hydrogen) atoms. The number of halogens is 1. The fourth-order valence-electron chi connectivity index (χ4n) is 2.60. The number of nitrogens with one attached hydrogen (secondary N) is 2. The molecule has 1 fully saturated rings. The standard InChI is InChI=1S/C18H19FN2O4S/c1-11-9-14(11)17-7-4-13(25-17)5-8-18(22)20-12-3-6-15(19)16(10-12)21-26(2,23)24/h3-8,10-11,14,21H,9H2,1-2H3,(H,20,22)/b8-5+/t11-,14+/m1/s1. The molecule has 1 aromatic heterocycles. The van der Waals surface area contributed by atoms with Gasteiger partial charge in [-0.1, -0.05) is 6.92 Å². The Kier molecular flexibility index (Phi) is 4.86. The number of sulfonamides is 1. The van der Waals surface area contributed by atoms with Crippen molar-refractivity contribution in [2.45, 2.75) is 19.3 Å². The number of rotatable bonds is 6. The number of furan rings is 1. The van der Waals surface area contributed by atoms with Gasteiger partial charge in [0, 0.05) is 17.7 Å². The van der Waals surface area contributed by atoms with Gasteiger partial charge in [0.05, 0.1) is 11.9 Å². The van der Waals surface area contributed by atoms with Gasteiger partial charge < -0.3 is 9.73 Å². The molecule has 2 aromatic rings. The fourth-order valence-corrected chi connectivity index (χ4v) is 3.15. The van der Waals surface area contributed by atoms with E-state index in [1.165, 1.54) is 18.2 Å². The molecule has 0 aliphatic heterocycles. The van der Waals surface area contributed by atoms with E-state index >= 15 is 0 Å². The lowest BCUT2D eigenvalue weighted by Gasteiger charge is -2.08. The molecule has 0 spiro atoms. The van der Waals surface area contributed by atoms with Gasteiger partial charge in [-0.15, -0.1) is 0 Å². The Morgan fingerprint density at radius 3 is 2.69 bits per heavy atom. The maximum atomic E-state index is 13.6. The van der Waals surface area contributed by atoms with Crippen LogP contribution in [0.15, 0.2) is 40.8 Å². The predicted octanol–water partition coefficient (Wildman–Crippen LogP) is 3.57. The summed E-state index contributed by atoms with van der Waals surface area (Å²) in [5.74, 6) is 1.42. The van der Waals surface area contributed by atoms with Crippen LogP contribution in [0.1, 0.15) is 30.8 Å². The van der Waals surface area contributed by atoms with Crippen molar-refractivity contribution >= 4 is 33.4 Å². The highest BCUT2D eigenvalue weighted by atomic mass is 32.2. The molecule has 0 radical (unpaired) electrons. The van der Waals surface area contributed by atoms with Crippen molar-refractivity contribution in [3.8, 4) is 0 Å². The van der Waals surface area contributed by atoms with Gasteiger partial charge in [-0.25, -0.2) is 12.8 Å². The molecular weight excluding hydrogens is 359 g/mol. The maximum absolute atomic E-state index is 13.6. The number of hydrogen-bond acceptors (Lipinski definition) is 4. The van der Waals surface area contributed by atoms with Crippen LogP contribution in [0.25, 0.3) is 6.08 Å². The molecule has 1 aliphatic rings. The van der Waals surface area contributed by atoms with Crippen molar-refractivity contribution in [3.05, 3.63) is 53.7 Å². The highest BCUT2D eigenvalue weighted by molar-refractivity contribution is 7.92. The predicted molar refractivity (Wildman–Crippen MR) is 97.8 cm³/mol. The average molecular weight is 378 g/mol. The van der Waals surface area contributed by atoms with Gasteiger partial charge in [0.15, 0.2) is 0 Å². The monoisotopic (exact) mass is 378 g/mol. The summed E-state index contributed by atoms with van der Waals surface area (Å²) in [6.45, 7) is 2.16. The number of carbonyl (C=O) groups is 1. The Labute approximate surface area is 151 Å². The van der Waals surface area contributed by atoms with Crippen LogP contribution in [-0.4, -0.2) is 20.6 Å². The number of anilines is 2. The van der Waals surface area contributed by atoms with Gasteiger partial charge in [-0.05, 0) is 48.7 Å². The van der Waals surface area contributed by atoms with Crippen molar-refractivity contribution in [2.24, 2.45) is 5.92 Å². The van der Waals surface area contributed by atoms with E-state index in [2.05, 4.69) is 17.0 Å². The highest BCUT2D eigenvalue weighted by Crippen LogP contribution is 2.47. The lowest BCUT2D eigenvalue weighted by Crippen LogP contribution is -2.12. The number of benzene rings is 1. The van der Waals surface area contributed by atoms with Crippen LogP contribution in [-0.2, 0) is 14.8 Å². The molecule has 1 saturated carbocycles. The van der Waals surface area contributed by atoms with Crippen molar-refractivity contribution < 1.29 is 22.0 Å². The van der Waals surface area contributed by atoms with Crippen LogP contribution in [0.4, 0.5) is 15.8 Å². The first-order chi connectivity index (χ1) is 12.2. The van der Waals surface area contributed by atoms with E-state index in [1.54, 1.807) is 12.1 Å². The minimum absolute atomic E-state index is 0.233. The Morgan fingerprint density at radius 1 is 1.31 bits per heavy atom. The molecule has 1 aromatic carbocycles. The number of amides is 1. The molecule has 138 valence electrons. The van der Waals surface area contributed by atoms with Crippen molar-refractivity contribution in [1.29, 1.82) is 0 Å². The third kappa shape index (κ3) is 4.72. The summed E-state index contributed by atoms with van der Waals surface area (Å²) >= 11 is 0. The summed E-state index contributed by atoms with van der Waals surface area (Å²) < 4.78 is 43.8. The molecule has 0 unspecified atom stereocenters. The van der Waals surface area contributed by atoms with Gasteiger partial charge in [-0.2, -0.15) is 0 Å². The summed E-state index contributed by atoms with van der Waals surface area (Å²) in [7, 11) is -3.62. The summed E-state index contributed by atoms with van der Waals surface area (Å²) in [5.41, 5.74) is 0.0302. The van der Waals surface area contributed by atoms with E-state index in [0.29, 0.717) is 17.6 Å². The molecule has 1 heterocycles. The maximum Gasteiger partial charge on any atom is 0.248 e. The Balaban J connectivity index is 1.64. The smallest absolute Gasteiger partial charge is 0.248 e. The van der Waals surface area contributed by atoms with Crippen LogP contribution in [0.2, 0.25) is 0 Å². The largest absolute Gasteiger partial charge is 0.461 e. The molecule has 0 bridgehead atoms. The van der Waals surface area contributed by atoms with Crippen LogP contribution in [0.5, 0.6) is 0 Å². The molecule has 6 nitrogen and oxygen atoms in total. The van der Waals surface area contributed by atoms with Crippen LogP contribution in [0.3, 0.4) is 0 Å². The summed E-state index contributed by atoms with van der Waals surface area (Å²) in [6.07, 6.45) is 4.88. The molecule has 3 rings (SSSR count). The lowest BCUT2D eigenvalue weighted by molar-refractivity contribution is -0.111. The summed E-state index contributed by atoms with van der Waals surface area (Å²) in [6, 6.07) is 7.34. The molecule has 8 heteroatoms. The van der Waals surface area contributed by atoms with E-state index in [1.807, 2.05) is 6.07 Å². The molecule has 0 saturated heterocycles. The summed E-state index contributed by atoms with van der Waals surface area (Å²) in [5, 5.41) is 2.55. The van der Waals surface area contributed by atoms with Crippen LogP contribution < -0.4 is 10.0 Å². The van der Waals surface area contributed by atoms with E-state index in [-0.39, 0.29) is 11.4 Å². The van der Waals surface area contributed by atoms with E-state index in [0.717, 1.165) is 24.5 Å². The Morgan fingerprint density at radius 2 is 2.04 bits per heavy atom. The second kappa shape index (κ2) is 6.95. The fraction of sp³-hybridized carbons (Fsp3) is 0.278. The topological polar surface area (TPSA) is 88.4 Å². The SMILES string of the molecule is C[C@@H]1C[C@@H]1c1ccc(/C=C/C(=O)Nc2ccc(F)c(NS(C)(=O)=O)c2)o1. The molecule has 1 amide bonds. The first kappa shape index (κ1) is 18.2. The van der Waals surface area contributed by atoms with E-state index in [9.17, 15) is 17.6 Å². The molecule has 2 N–H and O–H groups in total. The van der Waals surface area contributed by atoms with Gasteiger partial charge in [0.2, 0.25) is 15.9 Å². The van der Waals surface area contributed by atoms with Gasteiger partial charge >= 0.3 is 0 Å². The van der Waals surface area contributed by atoms with Crippen LogP contribution >= 0.6 is 0 Å². The second-order valence-electron chi connectivity index (χ2n) is 6.45. The Bertz CT molecular complexity index is 965. The van der Waals surface area contributed by atoms with E-state index in [4.69, 9.17) is 4.42 Å². The molecule has 1 aliphatic carbocycles. The van der Waals surface area contributed by atoms with Crippen molar-refractivity contribution in [3.63, 3.8) is 0 Å². The zero-order valence-corrected chi connectivity index (χ0v) is 15.1. The van der Waals surface area contributed by atoms with Crippen molar-refractivity contribution in [2.75, 3.05) is 16.3 Å². The Hall–Kier alpha value is -2.61. The number of hydrogen-bond donors (Lipinski definition) is 2. The van der Waals surface area contributed by atoms with Crippen LogP contribution in [0, 0.1) is 11.7 Å². The zero-order chi connectivity index (χ0) is 18.9. The molecular formula is C18H19FN2O4S. The third-order valence-electron chi connectivity index (χ3n) is 4.05. The van der Waals surface area contributed by atoms with Gasteiger partial charge in [0.25, 0.3) is 0 Å². The minimum atomic E-state index is -3.62. The quantitative estimate of drug-likeness (QED) is 0.752. The first-order valence-corrected chi connectivity index (χ1v) is 9.96. The average Bonchev–Trinajstić information content (AvgIpc) is 3.08. The van der Waals surface area contributed by atoms with E-state index < -0.39 is 21.7 Å². The van der Waals surface area contributed by atoms with Gasteiger partial charge in [-0.3, -0.25) is 9.52 Å². The normalized spacial score (nSPS) is 19.5.